The molecule has 3 aliphatic rings. The van der Waals surface area contributed by atoms with Crippen LogP contribution in [0.4, 0.5) is 5.69 Å². The largest absolute Gasteiger partial charge is 0.507 e. The third-order valence-corrected chi connectivity index (χ3v) is 6.02. The summed E-state index contributed by atoms with van der Waals surface area (Å²) in [7, 11) is 0. The van der Waals surface area contributed by atoms with Crippen LogP contribution in [0.3, 0.4) is 0 Å². The van der Waals surface area contributed by atoms with Crippen LogP contribution < -0.4 is 19.1 Å². The van der Waals surface area contributed by atoms with Crippen LogP contribution >= 0.6 is 0 Å². The highest BCUT2D eigenvalue weighted by atomic mass is 16.6. The number of benzene rings is 2. The van der Waals surface area contributed by atoms with Crippen LogP contribution in [-0.2, 0) is 16.0 Å². The van der Waals surface area contributed by atoms with E-state index in [1.165, 1.54) is 11.2 Å². The number of rotatable bonds is 3. The molecule has 6 rings (SSSR count). The van der Waals surface area contributed by atoms with Gasteiger partial charge in [-0.05, 0) is 48.0 Å². The van der Waals surface area contributed by atoms with Gasteiger partial charge in [-0.1, -0.05) is 0 Å². The number of carbonyl (C=O) groups excluding carboxylic acids is 2. The van der Waals surface area contributed by atoms with Gasteiger partial charge in [0, 0.05) is 23.7 Å². The van der Waals surface area contributed by atoms with E-state index in [1.54, 1.807) is 48.5 Å². The lowest BCUT2D eigenvalue weighted by Crippen LogP contribution is -2.29. The average Bonchev–Trinajstić information content (AvgIpc) is 3.58. The molecule has 0 bridgehead atoms. The molecule has 0 radical (unpaired) electrons. The molecule has 1 amide bonds. The molecule has 3 aromatic rings. The zero-order chi connectivity index (χ0) is 22.5. The van der Waals surface area contributed by atoms with E-state index in [4.69, 9.17) is 18.6 Å². The highest BCUT2D eigenvalue weighted by molar-refractivity contribution is 6.51. The number of aliphatic hydroxyl groups excluding tert-OH is 1. The Morgan fingerprint density at radius 3 is 2.52 bits per heavy atom. The minimum absolute atomic E-state index is 0.0382. The first-order chi connectivity index (χ1) is 16.1. The van der Waals surface area contributed by atoms with Gasteiger partial charge < -0.3 is 23.7 Å². The summed E-state index contributed by atoms with van der Waals surface area (Å²) < 4.78 is 22.4. The minimum Gasteiger partial charge on any atom is -0.507 e. The first-order valence-electron chi connectivity index (χ1n) is 10.6. The summed E-state index contributed by atoms with van der Waals surface area (Å²) >= 11 is 0. The van der Waals surface area contributed by atoms with Gasteiger partial charge in [-0.25, -0.2) is 0 Å². The lowest BCUT2D eigenvalue weighted by Gasteiger charge is -2.25. The number of carbonyl (C=O) groups is 2. The quantitative estimate of drug-likeness (QED) is 0.374. The lowest BCUT2D eigenvalue weighted by atomic mass is 9.98. The van der Waals surface area contributed by atoms with E-state index >= 15 is 0 Å². The number of amides is 1. The zero-order valence-electron chi connectivity index (χ0n) is 17.4. The van der Waals surface area contributed by atoms with Crippen molar-refractivity contribution < 1.29 is 33.3 Å². The third kappa shape index (κ3) is 3.06. The normalized spacial score (nSPS) is 20.6. The number of hydrogen-bond acceptors (Lipinski definition) is 7. The molecule has 2 aromatic carbocycles. The molecule has 1 aromatic heterocycles. The van der Waals surface area contributed by atoms with Gasteiger partial charge in [-0.2, -0.15) is 0 Å². The second-order valence-corrected chi connectivity index (χ2v) is 7.93. The van der Waals surface area contributed by atoms with Crippen molar-refractivity contribution >= 4 is 23.1 Å². The molecule has 166 valence electrons. The second kappa shape index (κ2) is 7.44. The van der Waals surface area contributed by atoms with Gasteiger partial charge in [0.15, 0.2) is 11.5 Å². The van der Waals surface area contributed by atoms with Crippen molar-refractivity contribution in [3.8, 4) is 17.2 Å². The van der Waals surface area contributed by atoms with Gasteiger partial charge in [0.2, 0.25) is 0 Å². The fourth-order valence-electron chi connectivity index (χ4n) is 4.49. The summed E-state index contributed by atoms with van der Waals surface area (Å²) in [5.41, 5.74) is 1.78. The molecule has 8 heteroatoms. The van der Waals surface area contributed by atoms with Crippen molar-refractivity contribution in [1.82, 2.24) is 0 Å². The predicted octanol–water partition coefficient (Wildman–Crippen LogP) is 3.61. The molecule has 1 fully saturated rings. The number of furan rings is 1. The first-order valence-corrected chi connectivity index (χ1v) is 10.6. The summed E-state index contributed by atoms with van der Waals surface area (Å²) in [5, 5.41) is 11.2. The summed E-state index contributed by atoms with van der Waals surface area (Å²) in [6.07, 6.45) is 2.18. The van der Waals surface area contributed by atoms with Gasteiger partial charge in [-0.3, -0.25) is 14.5 Å². The Kier molecular flexibility index (Phi) is 4.39. The van der Waals surface area contributed by atoms with Crippen LogP contribution in [0.5, 0.6) is 17.2 Å². The van der Waals surface area contributed by atoms with Crippen molar-refractivity contribution in [2.45, 2.75) is 12.5 Å². The van der Waals surface area contributed by atoms with Crippen LogP contribution in [0.15, 0.2) is 64.8 Å². The van der Waals surface area contributed by atoms with Crippen LogP contribution in [0, 0.1) is 0 Å². The Bertz CT molecular complexity index is 1310. The molecule has 8 nitrogen and oxygen atoms in total. The monoisotopic (exact) mass is 445 g/mol. The molecule has 0 aliphatic carbocycles. The standard InChI is InChI=1S/C25H19NO7/c27-23(15-3-5-17-14(12-15)7-9-31-17)21-22(19-2-1-8-30-19)26(25(29)24(21)28)16-4-6-18-20(13-16)33-11-10-32-18/h1-6,8,12-13,22,27H,7,9-11H2/b23-21-. The molecular formula is C25H19NO7. The Hall–Kier alpha value is -4.20. The van der Waals surface area contributed by atoms with E-state index in [0.29, 0.717) is 54.8 Å². The fourth-order valence-corrected chi connectivity index (χ4v) is 4.49. The van der Waals surface area contributed by atoms with Crippen LogP contribution in [0.1, 0.15) is 22.9 Å². The summed E-state index contributed by atoms with van der Waals surface area (Å²) in [4.78, 5) is 27.7. The Labute approximate surface area is 188 Å². The van der Waals surface area contributed by atoms with Crippen molar-refractivity contribution in [3.05, 3.63) is 77.3 Å². The maximum atomic E-state index is 13.2. The molecule has 0 spiro atoms. The summed E-state index contributed by atoms with van der Waals surface area (Å²) in [6.45, 7) is 1.40. The van der Waals surface area contributed by atoms with Gasteiger partial charge in [-0.15, -0.1) is 0 Å². The molecule has 4 heterocycles. The first kappa shape index (κ1) is 19.5. The molecule has 1 unspecified atom stereocenters. The predicted molar refractivity (Wildman–Crippen MR) is 117 cm³/mol. The number of fused-ring (bicyclic) bond motifs is 2. The minimum atomic E-state index is -0.938. The van der Waals surface area contributed by atoms with E-state index in [1.807, 2.05) is 0 Å². The third-order valence-electron chi connectivity index (χ3n) is 6.02. The fraction of sp³-hybridized carbons (Fsp3) is 0.200. The molecule has 1 atom stereocenters. The number of anilines is 1. The molecule has 1 saturated heterocycles. The van der Waals surface area contributed by atoms with E-state index in [2.05, 4.69) is 0 Å². The van der Waals surface area contributed by atoms with Crippen molar-refractivity contribution in [1.29, 1.82) is 0 Å². The summed E-state index contributed by atoms with van der Waals surface area (Å²) in [5.74, 6) is 0.346. The zero-order valence-corrected chi connectivity index (χ0v) is 17.4. The van der Waals surface area contributed by atoms with Crippen LogP contribution in [0.25, 0.3) is 5.76 Å². The Morgan fingerprint density at radius 2 is 1.70 bits per heavy atom. The molecule has 0 saturated carbocycles. The van der Waals surface area contributed by atoms with Crippen molar-refractivity contribution in [3.63, 3.8) is 0 Å². The number of hydrogen-bond donors (Lipinski definition) is 1. The highest BCUT2D eigenvalue weighted by Crippen LogP contribution is 2.45. The maximum absolute atomic E-state index is 13.2. The SMILES string of the molecule is O=C1C(=O)N(c2ccc3c(c2)OCCO3)C(c2ccco2)/C1=C(/O)c1ccc2c(c1)CCO2. The van der Waals surface area contributed by atoms with Crippen LogP contribution in [-0.4, -0.2) is 36.6 Å². The second-order valence-electron chi connectivity index (χ2n) is 7.93. The molecular weight excluding hydrogens is 426 g/mol. The number of ether oxygens (including phenoxy) is 3. The van der Waals surface area contributed by atoms with Crippen molar-refractivity contribution in [2.24, 2.45) is 0 Å². The maximum Gasteiger partial charge on any atom is 0.300 e. The lowest BCUT2D eigenvalue weighted by molar-refractivity contribution is -0.132. The smallest absolute Gasteiger partial charge is 0.300 e. The number of aliphatic hydroxyl groups is 1. The topological polar surface area (TPSA) is 98.4 Å². The Balaban J connectivity index is 1.50. The van der Waals surface area contributed by atoms with Gasteiger partial charge in [0.25, 0.3) is 11.7 Å². The summed E-state index contributed by atoms with van der Waals surface area (Å²) in [6, 6.07) is 12.7. The average molecular weight is 445 g/mol. The molecule has 1 N–H and O–H groups in total. The number of ketones is 1. The van der Waals surface area contributed by atoms with E-state index in [0.717, 1.165) is 11.3 Å². The molecule has 33 heavy (non-hydrogen) atoms. The molecule has 3 aliphatic heterocycles. The van der Waals surface area contributed by atoms with Crippen molar-refractivity contribution in [2.75, 3.05) is 24.7 Å². The van der Waals surface area contributed by atoms with Gasteiger partial charge >= 0.3 is 0 Å². The highest BCUT2D eigenvalue weighted by Gasteiger charge is 2.48. The Morgan fingerprint density at radius 1 is 0.909 bits per heavy atom. The van der Waals surface area contributed by atoms with E-state index in [-0.39, 0.29) is 11.3 Å². The number of nitrogens with zero attached hydrogens (tertiary/aromatic N) is 1. The van der Waals surface area contributed by atoms with Crippen LogP contribution in [0.2, 0.25) is 0 Å². The van der Waals surface area contributed by atoms with Gasteiger partial charge in [0.1, 0.15) is 36.5 Å². The van der Waals surface area contributed by atoms with E-state index in [9.17, 15) is 14.7 Å². The number of Topliss-reactive ketones (excluding diaryl/α,β-unsaturated/α-hetero) is 1. The van der Waals surface area contributed by atoms with E-state index < -0.39 is 17.7 Å². The van der Waals surface area contributed by atoms with Gasteiger partial charge in [0.05, 0.1) is 18.4 Å².